The van der Waals surface area contributed by atoms with E-state index < -0.39 is 36.3 Å². The second-order valence-corrected chi connectivity index (χ2v) is 6.39. The van der Waals surface area contributed by atoms with Gasteiger partial charge in [0.1, 0.15) is 29.2 Å². The van der Waals surface area contributed by atoms with Crippen molar-refractivity contribution in [3.8, 4) is 17.3 Å². The molecule has 2 atom stereocenters. The molecule has 30 heavy (non-hydrogen) atoms. The molecule has 0 saturated heterocycles. The number of anilines is 3. The van der Waals surface area contributed by atoms with Crippen LogP contribution < -0.4 is 21.1 Å². The smallest absolute Gasteiger partial charge is 0.408 e. The predicted molar refractivity (Wildman–Crippen MR) is 97.3 cm³/mol. The Hall–Kier alpha value is -2.77. The highest BCUT2D eigenvalue weighted by atomic mass is 35.5. The molecule has 8 nitrogen and oxygen atoms in total. The van der Waals surface area contributed by atoms with Gasteiger partial charge in [-0.15, -0.1) is 0 Å². The fraction of sp³-hybridized carbons (Fsp3) is 0.467. The lowest BCUT2D eigenvalue weighted by molar-refractivity contribution is -0.139. The maximum atomic E-state index is 12.9. The fourth-order valence-corrected chi connectivity index (χ4v) is 2.14. The molecule has 2 aromatic heterocycles. The standard InChI is InChI=1S/C15H16ClF6N7O/c1-5(14(17,18)19)24-12-27-11(7-4-8(30-3)9(23)10(16)26-7)28-13(29-12)25-6(2)15(20,21)22/h4-6H,23H2,1-3H3,(H2,24,25,27,28,29)/t5-,6-/m1/s1. The topological polar surface area (TPSA) is 111 Å². The Morgan fingerprint density at radius 3 is 1.80 bits per heavy atom. The molecule has 0 aliphatic heterocycles. The monoisotopic (exact) mass is 459 g/mol. The number of alkyl halides is 6. The van der Waals surface area contributed by atoms with Gasteiger partial charge in [0, 0.05) is 6.07 Å². The second kappa shape index (κ2) is 8.53. The number of nitrogens with two attached hydrogens (primary N) is 1. The first-order chi connectivity index (χ1) is 13.7. The van der Waals surface area contributed by atoms with Crippen molar-refractivity contribution in [2.45, 2.75) is 38.3 Å². The molecule has 2 rings (SSSR count). The molecule has 0 bridgehead atoms. The number of aromatic nitrogens is 4. The number of hydrogen-bond acceptors (Lipinski definition) is 8. The first kappa shape index (κ1) is 23.5. The fourth-order valence-electron chi connectivity index (χ4n) is 1.96. The lowest BCUT2D eigenvalue weighted by Crippen LogP contribution is -2.35. The minimum absolute atomic E-state index is 0.0231. The van der Waals surface area contributed by atoms with Gasteiger partial charge in [-0.3, -0.25) is 0 Å². The van der Waals surface area contributed by atoms with Crippen LogP contribution in [-0.2, 0) is 0 Å². The van der Waals surface area contributed by atoms with E-state index in [9.17, 15) is 26.3 Å². The van der Waals surface area contributed by atoms with Crippen LogP contribution in [0.3, 0.4) is 0 Å². The summed E-state index contributed by atoms with van der Waals surface area (Å²) in [5.74, 6) is -1.56. The lowest BCUT2D eigenvalue weighted by atomic mass is 10.3. The highest BCUT2D eigenvalue weighted by Crippen LogP contribution is 2.32. The van der Waals surface area contributed by atoms with E-state index in [2.05, 4.69) is 19.9 Å². The average Bonchev–Trinajstić information content (AvgIpc) is 2.62. The van der Waals surface area contributed by atoms with Gasteiger partial charge in [-0.25, -0.2) is 4.98 Å². The van der Waals surface area contributed by atoms with Gasteiger partial charge in [0.05, 0.1) is 7.11 Å². The Morgan fingerprint density at radius 2 is 1.40 bits per heavy atom. The van der Waals surface area contributed by atoms with Crippen molar-refractivity contribution in [1.82, 2.24) is 19.9 Å². The summed E-state index contributed by atoms with van der Waals surface area (Å²) in [6.07, 6.45) is -9.32. The maximum Gasteiger partial charge on any atom is 0.408 e. The first-order valence-electron chi connectivity index (χ1n) is 8.15. The van der Waals surface area contributed by atoms with E-state index in [1.165, 1.54) is 13.2 Å². The van der Waals surface area contributed by atoms with Crippen LogP contribution in [0, 0.1) is 0 Å². The van der Waals surface area contributed by atoms with Crippen LogP contribution in [0.5, 0.6) is 5.75 Å². The Kier molecular flexibility index (Phi) is 6.69. The maximum absolute atomic E-state index is 12.9. The van der Waals surface area contributed by atoms with Crippen LogP contribution in [-0.4, -0.2) is 51.5 Å². The highest BCUT2D eigenvalue weighted by Gasteiger charge is 2.38. The third kappa shape index (κ3) is 5.64. The van der Waals surface area contributed by atoms with E-state index in [4.69, 9.17) is 22.1 Å². The van der Waals surface area contributed by atoms with Crippen molar-refractivity contribution >= 4 is 29.2 Å². The molecule has 0 radical (unpaired) electrons. The zero-order chi connectivity index (χ0) is 22.9. The molecule has 0 amide bonds. The minimum atomic E-state index is -4.66. The van der Waals surface area contributed by atoms with Crippen LogP contribution in [0.2, 0.25) is 5.15 Å². The summed E-state index contributed by atoms with van der Waals surface area (Å²) in [6.45, 7) is 1.58. The van der Waals surface area contributed by atoms with E-state index in [0.717, 1.165) is 13.8 Å². The van der Waals surface area contributed by atoms with Crippen LogP contribution >= 0.6 is 11.6 Å². The zero-order valence-electron chi connectivity index (χ0n) is 15.7. The molecule has 0 aliphatic rings. The van der Waals surface area contributed by atoms with Crippen molar-refractivity contribution < 1.29 is 31.1 Å². The largest absolute Gasteiger partial charge is 0.494 e. The van der Waals surface area contributed by atoms with Crippen LogP contribution in [0.1, 0.15) is 13.8 Å². The molecule has 166 valence electrons. The number of pyridine rings is 1. The molecule has 4 N–H and O–H groups in total. The first-order valence-corrected chi connectivity index (χ1v) is 8.53. The van der Waals surface area contributed by atoms with Crippen molar-refractivity contribution in [2.24, 2.45) is 0 Å². The third-order valence-corrected chi connectivity index (χ3v) is 4.02. The van der Waals surface area contributed by atoms with Gasteiger partial charge in [0.25, 0.3) is 0 Å². The van der Waals surface area contributed by atoms with Gasteiger partial charge in [0.15, 0.2) is 11.0 Å². The van der Waals surface area contributed by atoms with E-state index in [-0.39, 0.29) is 28.1 Å². The molecule has 2 heterocycles. The van der Waals surface area contributed by atoms with Crippen LogP contribution in [0.4, 0.5) is 43.9 Å². The number of methoxy groups -OCH3 is 1. The van der Waals surface area contributed by atoms with Gasteiger partial charge in [-0.1, -0.05) is 11.6 Å². The van der Waals surface area contributed by atoms with E-state index >= 15 is 0 Å². The van der Waals surface area contributed by atoms with Gasteiger partial charge in [0.2, 0.25) is 11.9 Å². The third-order valence-electron chi connectivity index (χ3n) is 3.73. The molecule has 2 aromatic rings. The van der Waals surface area contributed by atoms with Crippen LogP contribution in [0.15, 0.2) is 6.07 Å². The van der Waals surface area contributed by atoms with Crippen molar-refractivity contribution in [3.05, 3.63) is 11.2 Å². The summed E-state index contributed by atoms with van der Waals surface area (Å²) in [5.41, 5.74) is 5.54. The molecule has 0 fully saturated rings. The average molecular weight is 460 g/mol. The molecule has 0 saturated carbocycles. The Balaban J connectivity index is 2.55. The lowest BCUT2D eigenvalue weighted by Gasteiger charge is -2.20. The predicted octanol–water partition coefficient (Wildman–Crippen LogP) is 3.90. The van der Waals surface area contributed by atoms with E-state index in [0.29, 0.717) is 0 Å². The molecule has 0 aromatic carbocycles. The molecular weight excluding hydrogens is 444 g/mol. The quantitative estimate of drug-likeness (QED) is 0.440. The summed E-state index contributed by atoms with van der Waals surface area (Å²) in [7, 11) is 1.27. The van der Waals surface area contributed by atoms with Crippen molar-refractivity contribution in [2.75, 3.05) is 23.5 Å². The SMILES string of the molecule is COc1cc(-c2nc(N[C@H](C)C(F)(F)F)nc(N[C@H](C)C(F)(F)F)n2)nc(Cl)c1N. The molecule has 0 aliphatic carbocycles. The van der Waals surface area contributed by atoms with Gasteiger partial charge in [-0.05, 0) is 13.8 Å². The number of nitrogen functional groups attached to an aromatic ring is 1. The molecule has 0 spiro atoms. The molecular formula is C15H16ClF6N7O. The Morgan fingerprint density at radius 1 is 0.933 bits per heavy atom. The summed E-state index contributed by atoms with van der Waals surface area (Å²) < 4.78 is 82.2. The van der Waals surface area contributed by atoms with Crippen molar-refractivity contribution in [3.63, 3.8) is 0 Å². The molecule has 0 unspecified atom stereocenters. The number of ether oxygens (including phenoxy) is 1. The number of hydrogen-bond donors (Lipinski definition) is 3. The Bertz CT molecular complexity index is 868. The normalized spacial score (nSPS) is 14.2. The van der Waals surface area contributed by atoms with E-state index in [1.807, 2.05) is 10.6 Å². The Labute approximate surface area is 171 Å². The highest BCUT2D eigenvalue weighted by molar-refractivity contribution is 6.32. The van der Waals surface area contributed by atoms with Gasteiger partial charge < -0.3 is 21.1 Å². The molecule has 15 heteroatoms. The number of rotatable bonds is 6. The van der Waals surface area contributed by atoms with Gasteiger partial charge >= 0.3 is 12.4 Å². The van der Waals surface area contributed by atoms with Gasteiger partial charge in [-0.2, -0.15) is 41.3 Å². The van der Waals surface area contributed by atoms with E-state index in [1.54, 1.807) is 0 Å². The summed E-state index contributed by atoms with van der Waals surface area (Å²) in [5, 5.41) is 3.73. The summed E-state index contributed by atoms with van der Waals surface area (Å²) in [6, 6.07) is -2.97. The number of nitrogens with zero attached hydrogens (tertiary/aromatic N) is 4. The van der Waals surface area contributed by atoms with Crippen LogP contribution in [0.25, 0.3) is 11.5 Å². The summed E-state index contributed by atoms with van der Waals surface area (Å²) >= 11 is 5.90. The number of halogens is 7. The second-order valence-electron chi connectivity index (χ2n) is 6.04. The zero-order valence-corrected chi connectivity index (χ0v) is 16.4. The summed E-state index contributed by atoms with van der Waals surface area (Å²) in [4.78, 5) is 15.1. The van der Waals surface area contributed by atoms with Crippen molar-refractivity contribution in [1.29, 1.82) is 0 Å². The number of nitrogens with one attached hydrogen (secondary N) is 2. The minimum Gasteiger partial charge on any atom is -0.494 e.